The van der Waals surface area contributed by atoms with E-state index in [2.05, 4.69) is 4.98 Å². The SMILES string of the molecule is N=C(C=O)c1cc(OCc2ccncc2)ccc1N. The third-order valence-electron chi connectivity index (χ3n) is 2.59. The number of carbonyl (C=O) groups is 1. The maximum Gasteiger partial charge on any atom is 0.168 e. The van der Waals surface area contributed by atoms with Crippen LogP contribution in [0.15, 0.2) is 42.7 Å². The van der Waals surface area contributed by atoms with E-state index in [-0.39, 0.29) is 5.71 Å². The van der Waals surface area contributed by atoms with Gasteiger partial charge in [-0.15, -0.1) is 0 Å². The number of aromatic nitrogens is 1. The lowest BCUT2D eigenvalue weighted by Gasteiger charge is -2.09. The van der Waals surface area contributed by atoms with Gasteiger partial charge in [0.05, 0.1) is 0 Å². The van der Waals surface area contributed by atoms with Gasteiger partial charge >= 0.3 is 0 Å². The fourth-order valence-electron chi connectivity index (χ4n) is 1.57. The van der Waals surface area contributed by atoms with Crippen LogP contribution < -0.4 is 10.5 Å². The molecule has 0 saturated carbocycles. The number of pyridine rings is 1. The number of hydrogen-bond donors (Lipinski definition) is 2. The minimum Gasteiger partial charge on any atom is -0.489 e. The molecule has 0 saturated heterocycles. The van der Waals surface area contributed by atoms with Gasteiger partial charge < -0.3 is 10.5 Å². The highest BCUT2D eigenvalue weighted by Crippen LogP contribution is 2.20. The van der Waals surface area contributed by atoms with E-state index >= 15 is 0 Å². The molecule has 2 aromatic rings. The third-order valence-corrected chi connectivity index (χ3v) is 2.59. The number of benzene rings is 1. The Labute approximate surface area is 110 Å². The fraction of sp³-hybridized carbons (Fsp3) is 0.0714. The molecule has 1 aromatic carbocycles. The predicted octanol–water partition coefficient (Wildman–Crippen LogP) is 1.81. The van der Waals surface area contributed by atoms with Crippen molar-refractivity contribution >= 4 is 17.7 Å². The monoisotopic (exact) mass is 255 g/mol. The summed E-state index contributed by atoms with van der Waals surface area (Å²) in [6, 6.07) is 8.62. The lowest BCUT2D eigenvalue weighted by molar-refractivity contribution is -0.102. The van der Waals surface area contributed by atoms with Gasteiger partial charge in [0, 0.05) is 23.6 Å². The van der Waals surface area contributed by atoms with Crippen LogP contribution >= 0.6 is 0 Å². The Balaban J connectivity index is 2.13. The summed E-state index contributed by atoms with van der Waals surface area (Å²) in [6.45, 7) is 0.389. The van der Waals surface area contributed by atoms with Crippen molar-refractivity contribution in [3.8, 4) is 5.75 Å². The summed E-state index contributed by atoms with van der Waals surface area (Å²) in [7, 11) is 0. The summed E-state index contributed by atoms with van der Waals surface area (Å²) >= 11 is 0. The van der Waals surface area contributed by atoms with Gasteiger partial charge in [0.25, 0.3) is 0 Å². The van der Waals surface area contributed by atoms with Crippen LogP contribution in [0, 0.1) is 5.41 Å². The van der Waals surface area contributed by atoms with Crippen LogP contribution in [0.1, 0.15) is 11.1 Å². The topological polar surface area (TPSA) is 89.1 Å². The van der Waals surface area contributed by atoms with E-state index in [0.29, 0.717) is 29.9 Å². The number of anilines is 1. The Hall–Kier alpha value is -2.69. The first kappa shape index (κ1) is 12.8. The molecule has 5 nitrogen and oxygen atoms in total. The van der Waals surface area contributed by atoms with Gasteiger partial charge in [-0.2, -0.15) is 0 Å². The molecule has 0 spiro atoms. The van der Waals surface area contributed by atoms with Gasteiger partial charge in [-0.3, -0.25) is 15.2 Å². The largest absolute Gasteiger partial charge is 0.489 e. The molecule has 0 fully saturated rings. The highest BCUT2D eigenvalue weighted by Gasteiger charge is 2.07. The second-order valence-corrected chi connectivity index (χ2v) is 3.92. The Morgan fingerprint density at radius 2 is 2.05 bits per heavy atom. The normalized spacial score (nSPS) is 9.89. The second-order valence-electron chi connectivity index (χ2n) is 3.92. The average Bonchev–Trinajstić information content (AvgIpc) is 2.46. The van der Waals surface area contributed by atoms with Gasteiger partial charge in [0.15, 0.2) is 6.29 Å². The highest BCUT2D eigenvalue weighted by atomic mass is 16.5. The first-order valence-corrected chi connectivity index (χ1v) is 5.66. The van der Waals surface area contributed by atoms with Crippen LogP contribution in [0.3, 0.4) is 0 Å². The number of nitrogens with zero attached hydrogens (tertiary/aromatic N) is 1. The fourth-order valence-corrected chi connectivity index (χ4v) is 1.57. The molecule has 0 bridgehead atoms. The van der Waals surface area contributed by atoms with E-state index in [1.807, 2.05) is 12.1 Å². The quantitative estimate of drug-likeness (QED) is 0.484. The summed E-state index contributed by atoms with van der Waals surface area (Å²) < 4.78 is 5.59. The summed E-state index contributed by atoms with van der Waals surface area (Å²) in [4.78, 5) is 14.5. The predicted molar refractivity (Wildman–Crippen MR) is 72.3 cm³/mol. The van der Waals surface area contributed by atoms with Crippen LogP contribution in [-0.2, 0) is 11.4 Å². The molecule has 0 aliphatic rings. The van der Waals surface area contributed by atoms with E-state index in [9.17, 15) is 4.79 Å². The first-order valence-electron chi connectivity index (χ1n) is 5.66. The Bertz CT molecular complexity index is 597. The molecule has 96 valence electrons. The zero-order valence-corrected chi connectivity index (χ0v) is 10.2. The van der Waals surface area contributed by atoms with Crippen LogP contribution in [0.5, 0.6) is 5.75 Å². The van der Waals surface area contributed by atoms with Crippen molar-refractivity contribution in [2.45, 2.75) is 6.61 Å². The van der Waals surface area contributed by atoms with Gasteiger partial charge in [-0.1, -0.05) is 0 Å². The van der Waals surface area contributed by atoms with Gasteiger partial charge in [0.2, 0.25) is 0 Å². The minimum atomic E-state index is -0.160. The van der Waals surface area contributed by atoms with Crippen molar-refractivity contribution in [1.29, 1.82) is 5.41 Å². The second kappa shape index (κ2) is 5.77. The number of aldehydes is 1. The van der Waals surface area contributed by atoms with E-state index in [1.165, 1.54) is 0 Å². The molecule has 0 amide bonds. The van der Waals surface area contributed by atoms with Gasteiger partial charge in [0.1, 0.15) is 18.1 Å². The van der Waals surface area contributed by atoms with E-state index in [0.717, 1.165) is 5.56 Å². The molecule has 0 aliphatic carbocycles. The zero-order chi connectivity index (χ0) is 13.7. The molecule has 1 aromatic heterocycles. The van der Waals surface area contributed by atoms with Crippen molar-refractivity contribution in [3.63, 3.8) is 0 Å². The van der Waals surface area contributed by atoms with Crippen LogP contribution in [0.2, 0.25) is 0 Å². The molecular formula is C14H13N3O2. The Morgan fingerprint density at radius 1 is 1.32 bits per heavy atom. The van der Waals surface area contributed by atoms with Gasteiger partial charge in [-0.25, -0.2) is 0 Å². The number of nitrogens with one attached hydrogen (secondary N) is 1. The third kappa shape index (κ3) is 3.16. The van der Waals surface area contributed by atoms with E-state index < -0.39 is 0 Å². The Kier molecular flexibility index (Phi) is 3.87. The standard InChI is InChI=1S/C14H13N3O2/c15-13-2-1-11(7-12(13)14(16)8-18)19-9-10-3-5-17-6-4-10/h1-8,16H,9,15H2. The zero-order valence-electron chi connectivity index (χ0n) is 10.2. The van der Waals surface area contributed by atoms with Crippen LogP contribution in [0.4, 0.5) is 5.69 Å². The summed E-state index contributed by atoms with van der Waals surface area (Å²) in [6.07, 6.45) is 3.84. The van der Waals surface area contributed by atoms with Crippen molar-refractivity contribution in [2.24, 2.45) is 0 Å². The summed E-state index contributed by atoms with van der Waals surface area (Å²) in [5.41, 5.74) is 7.29. The van der Waals surface area contributed by atoms with Crippen molar-refractivity contribution in [2.75, 3.05) is 5.73 Å². The van der Waals surface area contributed by atoms with Crippen molar-refractivity contribution in [3.05, 3.63) is 53.9 Å². The smallest absolute Gasteiger partial charge is 0.168 e. The Morgan fingerprint density at radius 3 is 2.74 bits per heavy atom. The molecule has 3 N–H and O–H groups in total. The van der Waals surface area contributed by atoms with Crippen molar-refractivity contribution < 1.29 is 9.53 Å². The highest BCUT2D eigenvalue weighted by molar-refractivity contribution is 6.36. The molecule has 5 heteroatoms. The maximum absolute atomic E-state index is 10.6. The summed E-state index contributed by atoms with van der Waals surface area (Å²) in [5, 5.41) is 7.50. The van der Waals surface area contributed by atoms with Crippen molar-refractivity contribution in [1.82, 2.24) is 4.98 Å². The maximum atomic E-state index is 10.6. The number of ether oxygens (including phenoxy) is 1. The van der Waals surface area contributed by atoms with Crippen LogP contribution in [-0.4, -0.2) is 17.0 Å². The molecule has 0 radical (unpaired) electrons. The number of rotatable bonds is 5. The average molecular weight is 255 g/mol. The molecule has 19 heavy (non-hydrogen) atoms. The first-order chi connectivity index (χ1) is 9.20. The molecule has 0 unspecified atom stereocenters. The van der Waals surface area contributed by atoms with Crippen LogP contribution in [0.25, 0.3) is 0 Å². The summed E-state index contributed by atoms with van der Waals surface area (Å²) in [5.74, 6) is 0.563. The minimum absolute atomic E-state index is 0.160. The van der Waals surface area contributed by atoms with E-state index in [4.69, 9.17) is 15.9 Å². The number of carbonyl (C=O) groups excluding carboxylic acids is 1. The lowest BCUT2D eigenvalue weighted by Crippen LogP contribution is -2.05. The van der Waals surface area contributed by atoms with E-state index in [1.54, 1.807) is 30.6 Å². The molecular weight excluding hydrogens is 242 g/mol. The lowest BCUT2D eigenvalue weighted by atomic mass is 10.1. The molecule has 0 aliphatic heterocycles. The number of hydrogen-bond acceptors (Lipinski definition) is 5. The number of nitrogen functional groups attached to an aromatic ring is 1. The van der Waals surface area contributed by atoms with Gasteiger partial charge in [-0.05, 0) is 35.9 Å². The molecule has 0 atom stereocenters. The number of nitrogens with two attached hydrogens (primary N) is 1. The molecule has 1 heterocycles. The molecule has 2 rings (SSSR count).